The number of rotatable bonds is 7. The van der Waals surface area contributed by atoms with Crippen LogP contribution < -0.4 is 10.0 Å². The van der Waals surface area contributed by atoms with Crippen LogP contribution >= 0.6 is 0 Å². The Morgan fingerprint density at radius 1 is 1.26 bits per heavy atom. The molecule has 0 radical (unpaired) electrons. The molecular formula is C12H16F2N2O2S. The van der Waals surface area contributed by atoms with Gasteiger partial charge in [0.05, 0.1) is 11.4 Å². The number of hydrogen-bond donors (Lipinski definition) is 2. The van der Waals surface area contributed by atoms with Gasteiger partial charge in [-0.25, -0.2) is 17.2 Å². The molecule has 0 saturated heterocycles. The summed E-state index contributed by atoms with van der Waals surface area (Å²) in [7, 11) is -3.65. The lowest BCUT2D eigenvalue weighted by Gasteiger charge is -2.09. The zero-order valence-electron chi connectivity index (χ0n) is 10.3. The molecule has 1 aliphatic rings. The summed E-state index contributed by atoms with van der Waals surface area (Å²) in [5, 5.41) is 3.19. The summed E-state index contributed by atoms with van der Waals surface area (Å²) in [4.78, 5) is 0. The van der Waals surface area contributed by atoms with Gasteiger partial charge in [-0.15, -0.1) is 0 Å². The molecule has 2 N–H and O–H groups in total. The van der Waals surface area contributed by atoms with Crippen molar-refractivity contribution in [1.29, 1.82) is 0 Å². The molecule has 2 rings (SSSR count). The van der Waals surface area contributed by atoms with E-state index in [4.69, 9.17) is 0 Å². The van der Waals surface area contributed by atoms with E-state index in [0.29, 0.717) is 19.0 Å². The average Bonchev–Trinajstić information content (AvgIpc) is 3.13. The molecule has 0 aromatic heterocycles. The van der Waals surface area contributed by atoms with Gasteiger partial charge in [0.25, 0.3) is 0 Å². The van der Waals surface area contributed by atoms with E-state index in [9.17, 15) is 17.2 Å². The van der Waals surface area contributed by atoms with Gasteiger partial charge in [-0.05, 0) is 37.9 Å². The van der Waals surface area contributed by atoms with Gasteiger partial charge in [0, 0.05) is 12.1 Å². The van der Waals surface area contributed by atoms with Crippen molar-refractivity contribution in [2.75, 3.05) is 17.0 Å². The second-order valence-corrected chi connectivity index (χ2v) is 6.47. The Balaban J connectivity index is 1.86. The molecule has 7 heteroatoms. The van der Waals surface area contributed by atoms with Crippen LogP contribution in [0, 0.1) is 11.6 Å². The highest BCUT2D eigenvalue weighted by Gasteiger charge is 2.20. The summed E-state index contributed by atoms with van der Waals surface area (Å²) < 4.78 is 51.7. The van der Waals surface area contributed by atoms with Crippen LogP contribution in [0.25, 0.3) is 0 Å². The third kappa shape index (κ3) is 4.76. The molecule has 0 amide bonds. The molecule has 1 aromatic rings. The predicted octanol–water partition coefficient (Wildman–Crippen LogP) is 1.85. The maximum Gasteiger partial charge on any atom is 0.232 e. The third-order valence-electron chi connectivity index (χ3n) is 2.79. The molecule has 0 spiro atoms. The van der Waals surface area contributed by atoms with E-state index in [1.54, 1.807) is 0 Å². The molecule has 0 unspecified atom stereocenters. The Hall–Kier alpha value is -1.21. The van der Waals surface area contributed by atoms with Crippen LogP contribution in [0.4, 0.5) is 14.5 Å². The van der Waals surface area contributed by atoms with Gasteiger partial charge < -0.3 is 5.32 Å². The predicted molar refractivity (Wildman–Crippen MR) is 69.4 cm³/mol. The summed E-state index contributed by atoms with van der Waals surface area (Å²) in [5.41, 5.74) is -0.352. The summed E-state index contributed by atoms with van der Waals surface area (Å²) in [6, 6.07) is 3.18. The molecule has 0 aliphatic heterocycles. The number of halogens is 2. The first kappa shape index (κ1) is 14.2. The van der Waals surface area contributed by atoms with Gasteiger partial charge in [0.1, 0.15) is 11.6 Å². The molecule has 0 atom stereocenters. The van der Waals surface area contributed by atoms with Gasteiger partial charge in [0.15, 0.2) is 0 Å². The molecule has 106 valence electrons. The summed E-state index contributed by atoms with van der Waals surface area (Å²) in [5.74, 6) is -1.60. The highest BCUT2D eigenvalue weighted by Crippen LogP contribution is 2.19. The summed E-state index contributed by atoms with van der Waals surface area (Å²) in [6.07, 6.45) is 2.71. The van der Waals surface area contributed by atoms with Gasteiger partial charge in [0.2, 0.25) is 10.0 Å². The third-order valence-corrected chi connectivity index (χ3v) is 4.15. The van der Waals surface area contributed by atoms with Gasteiger partial charge >= 0.3 is 0 Å². The van der Waals surface area contributed by atoms with Crippen LogP contribution in [0.15, 0.2) is 18.2 Å². The standard InChI is InChI=1S/C12H16F2N2O2S/c13-9-2-5-11(14)12(8-9)16-19(17,18)7-1-6-15-10-3-4-10/h2,5,8,10,15-16H,1,3-4,6-7H2. The first-order chi connectivity index (χ1) is 8.96. The van der Waals surface area contributed by atoms with Crippen LogP contribution in [-0.4, -0.2) is 26.8 Å². The molecule has 0 heterocycles. The number of benzene rings is 1. The van der Waals surface area contributed by atoms with Crippen LogP contribution in [0.2, 0.25) is 0 Å². The number of sulfonamides is 1. The lowest BCUT2D eigenvalue weighted by Crippen LogP contribution is -2.23. The monoisotopic (exact) mass is 290 g/mol. The second kappa shape index (κ2) is 5.83. The molecule has 1 aliphatic carbocycles. The minimum absolute atomic E-state index is 0.122. The maximum atomic E-state index is 13.3. The highest BCUT2D eigenvalue weighted by atomic mass is 32.2. The molecule has 1 saturated carbocycles. The second-order valence-electron chi connectivity index (χ2n) is 4.63. The molecule has 0 bridgehead atoms. The van der Waals surface area contributed by atoms with Gasteiger partial charge in [-0.2, -0.15) is 0 Å². The SMILES string of the molecule is O=S(=O)(CCCNC1CC1)Nc1cc(F)ccc1F. The minimum Gasteiger partial charge on any atom is -0.314 e. The molecule has 19 heavy (non-hydrogen) atoms. The van der Waals surface area contributed by atoms with Crippen molar-refractivity contribution in [1.82, 2.24) is 5.32 Å². The van der Waals surface area contributed by atoms with E-state index >= 15 is 0 Å². The Bertz CT molecular complexity index is 545. The zero-order valence-corrected chi connectivity index (χ0v) is 11.1. The zero-order chi connectivity index (χ0) is 13.9. The lowest BCUT2D eigenvalue weighted by atomic mass is 10.3. The Kier molecular flexibility index (Phi) is 4.36. The quantitative estimate of drug-likeness (QED) is 0.753. The van der Waals surface area contributed by atoms with E-state index in [1.807, 2.05) is 0 Å². The molecule has 1 aromatic carbocycles. The fourth-order valence-electron chi connectivity index (χ4n) is 1.65. The Labute approximate surface area is 111 Å². The summed E-state index contributed by atoms with van der Waals surface area (Å²) >= 11 is 0. The topological polar surface area (TPSA) is 58.2 Å². The van der Waals surface area contributed by atoms with Crippen molar-refractivity contribution < 1.29 is 17.2 Å². The Morgan fingerprint density at radius 3 is 2.68 bits per heavy atom. The van der Waals surface area contributed by atoms with Crippen LogP contribution in [0.3, 0.4) is 0 Å². The number of anilines is 1. The summed E-state index contributed by atoms with van der Waals surface area (Å²) in [6.45, 7) is 0.608. The average molecular weight is 290 g/mol. The van der Waals surface area contributed by atoms with E-state index < -0.39 is 21.7 Å². The van der Waals surface area contributed by atoms with Crippen LogP contribution in [-0.2, 0) is 10.0 Å². The molecule has 4 nitrogen and oxygen atoms in total. The van der Waals surface area contributed by atoms with Crippen molar-refractivity contribution in [2.45, 2.75) is 25.3 Å². The van der Waals surface area contributed by atoms with Crippen LogP contribution in [0.5, 0.6) is 0 Å². The smallest absolute Gasteiger partial charge is 0.232 e. The van der Waals surface area contributed by atoms with E-state index in [1.165, 1.54) is 0 Å². The van der Waals surface area contributed by atoms with Crippen molar-refractivity contribution >= 4 is 15.7 Å². The van der Waals surface area contributed by atoms with Crippen molar-refractivity contribution in [3.63, 3.8) is 0 Å². The van der Waals surface area contributed by atoms with Crippen LogP contribution in [0.1, 0.15) is 19.3 Å². The molecule has 1 fully saturated rings. The normalized spacial score (nSPS) is 15.5. The number of hydrogen-bond acceptors (Lipinski definition) is 3. The largest absolute Gasteiger partial charge is 0.314 e. The lowest BCUT2D eigenvalue weighted by molar-refractivity contribution is 0.589. The first-order valence-corrected chi connectivity index (χ1v) is 7.80. The van der Waals surface area contributed by atoms with Crippen molar-refractivity contribution in [2.24, 2.45) is 0 Å². The van der Waals surface area contributed by atoms with Gasteiger partial charge in [-0.1, -0.05) is 0 Å². The minimum atomic E-state index is -3.65. The fraction of sp³-hybridized carbons (Fsp3) is 0.500. The van der Waals surface area contributed by atoms with Crippen molar-refractivity contribution in [3.05, 3.63) is 29.8 Å². The maximum absolute atomic E-state index is 13.3. The van der Waals surface area contributed by atoms with Gasteiger partial charge in [-0.3, -0.25) is 4.72 Å². The highest BCUT2D eigenvalue weighted by molar-refractivity contribution is 7.92. The molecular weight excluding hydrogens is 274 g/mol. The van der Waals surface area contributed by atoms with E-state index in [0.717, 1.165) is 31.0 Å². The van der Waals surface area contributed by atoms with E-state index in [2.05, 4.69) is 10.0 Å². The number of nitrogens with one attached hydrogen (secondary N) is 2. The first-order valence-electron chi connectivity index (χ1n) is 6.15. The van der Waals surface area contributed by atoms with E-state index in [-0.39, 0.29) is 11.4 Å². The van der Waals surface area contributed by atoms with Crippen molar-refractivity contribution in [3.8, 4) is 0 Å². The fourth-order valence-corrected chi connectivity index (χ4v) is 2.77. The Morgan fingerprint density at radius 2 is 2.00 bits per heavy atom.